The van der Waals surface area contributed by atoms with Crippen molar-refractivity contribution in [2.75, 3.05) is 0 Å². The topological polar surface area (TPSA) is 0 Å². The second kappa shape index (κ2) is 5.50. The number of benzene rings is 1. The van der Waals surface area contributed by atoms with Crippen molar-refractivity contribution >= 4 is 0 Å². The standard InChI is InChI=1S/C9H12.K.H/c1-8(2)9-6-4-3-5-7-9;;/h3-8H,1-2H3;;/q;+1;-1. The summed E-state index contributed by atoms with van der Waals surface area (Å²) in [4.78, 5) is 0. The Hall–Kier alpha value is 0.856. The van der Waals surface area contributed by atoms with Gasteiger partial charge in [0.05, 0.1) is 0 Å². The molecule has 0 bridgehead atoms. The van der Waals surface area contributed by atoms with Crippen LogP contribution in [0.15, 0.2) is 30.3 Å². The molecule has 0 unspecified atom stereocenters. The van der Waals surface area contributed by atoms with Gasteiger partial charge in [0.2, 0.25) is 0 Å². The summed E-state index contributed by atoms with van der Waals surface area (Å²) in [7, 11) is 0. The molecule has 0 radical (unpaired) electrons. The summed E-state index contributed by atoms with van der Waals surface area (Å²) in [5, 5.41) is 0. The first-order valence-corrected chi connectivity index (χ1v) is 3.35. The zero-order valence-corrected chi connectivity index (χ0v) is 10.1. The molecule has 0 aromatic heterocycles. The van der Waals surface area contributed by atoms with Crippen LogP contribution >= 0.6 is 0 Å². The molecule has 1 aromatic carbocycles. The molecule has 0 amide bonds. The van der Waals surface area contributed by atoms with E-state index in [0.717, 1.165) is 0 Å². The SMILES string of the molecule is CC(C)c1ccccc1.[H-].[K+]. The summed E-state index contributed by atoms with van der Waals surface area (Å²) in [6.45, 7) is 4.41. The van der Waals surface area contributed by atoms with Gasteiger partial charge in [0.1, 0.15) is 0 Å². The van der Waals surface area contributed by atoms with Crippen LogP contribution in [0.1, 0.15) is 26.8 Å². The molecular weight excluding hydrogens is 147 g/mol. The van der Waals surface area contributed by atoms with Gasteiger partial charge in [-0.1, -0.05) is 44.2 Å². The van der Waals surface area contributed by atoms with Crippen LogP contribution in [-0.2, 0) is 0 Å². The molecule has 10 heavy (non-hydrogen) atoms. The summed E-state index contributed by atoms with van der Waals surface area (Å²) in [5.74, 6) is 0.659. The Labute approximate surface area is 107 Å². The molecule has 0 saturated carbocycles. The van der Waals surface area contributed by atoms with Crippen molar-refractivity contribution in [1.29, 1.82) is 0 Å². The van der Waals surface area contributed by atoms with E-state index in [1.54, 1.807) is 0 Å². The Morgan fingerprint density at radius 3 is 1.90 bits per heavy atom. The van der Waals surface area contributed by atoms with Crippen molar-refractivity contribution in [2.24, 2.45) is 0 Å². The second-order valence-corrected chi connectivity index (χ2v) is 2.57. The van der Waals surface area contributed by atoms with Crippen LogP contribution < -0.4 is 51.4 Å². The molecule has 0 nitrogen and oxygen atoms in total. The van der Waals surface area contributed by atoms with Crippen LogP contribution in [0.2, 0.25) is 0 Å². The van der Waals surface area contributed by atoms with Gasteiger partial charge in [-0.05, 0) is 11.5 Å². The fraction of sp³-hybridized carbons (Fsp3) is 0.333. The molecule has 1 rings (SSSR count). The number of hydrogen-bond donors (Lipinski definition) is 0. The molecule has 1 aromatic rings. The van der Waals surface area contributed by atoms with Crippen molar-refractivity contribution in [3.05, 3.63) is 35.9 Å². The normalized spacial score (nSPS) is 9.10. The van der Waals surface area contributed by atoms with Crippen LogP contribution in [0.5, 0.6) is 0 Å². The maximum atomic E-state index is 2.20. The summed E-state index contributed by atoms with van der Waals surface area (Å²) in [6.07, 6.45) is 0. The smallest absolute Gasteiger partial charge is 1.00 e. The Kier molecular flexibility index (Phi) is 5.97. The van der Waals surface area contributed by atoms with E-state index in [0.29, 0.717) is 5.92 Å². The van der Waals surface area contributed by atoms with Gasteiger partial charge < -0.3 is 1.43 Å². The van der Waals surface area contributed by atoms with E-state index < -0.39 is 0 Å². The summed E-state index contributed by atoms with van der Waals surface area (Å²) >= 11 is 0. The van der Waals surface area contributed by atoms with Gasteiger partial charge in [0, 0.05) is 0 Å². The predicted octanol–water partition coefficient (Wildman–Crippen LogP) is -0.0735. The summed E-state index contributed by atoms with van der Waals surface area (Å²) < 4.78 is 0. The van der Waals surface area contributed by atoms with Gasteiger partial charge in [0.15, 0.2) is 0 Å². The van der Waals surface area contributed by atoms with Crippen molar-refractivity contribution in [1.82, 2.24) is 0 Å². The van der Waals surface area contributed by atoms with Crippen LogP contribution in [-0.4, -0.2) is 0 Å². The number of rotatable bonds is 1. The zero-order valence-electron chi connectivity index (χ0n) is 7.96. The largest absolute Gasteiger partial charge is 1.00 e. The minimum atomic E-state index is 0. The third-order valence-corrected chi connectivity index (χ3v) is 1.47. The fourth-order valence-electron chi connectivity index (χ4n) is 0.838. The van der Waals surface area contributed by atoms with E-state index in [2.05, 4.69) is 38.1 Å². The Bertz CT molecular complexity index is 172. The second-order valence-electron chi connectivity index (χ2n) is 2.57. The van der Waals surface area contributed by atoms with E-state index in [1.165, 1.54) is 5.56 Å². The minimum absolute atomic E-state index is 0. The first kappa shape index (κ1) is 10.9. The van der Waals surface area contributed by atoms with Gasteiger partial charge >= 0.3 is 51.4 Å². The van der Waals surface area contributed by atoms with Crippen molar-refractivity contribution in [2.45, 2.75) is 19.8 Å². The molecule has 0 aliphatic carbocycles. The zero-order chi connectivity index (χ0) is 6.69. The van der Waals surface area contributed by atoms with Crippen molar-refractivity contribution < 1.29 is 52.8 Å². The van der Waals surface area contributed by atoms with Gasteiger partial charge in [-0.25, -0.2) is 0 Å². The molecular formula is C9H13K. The molecule has 50 valence electrons. The number of hydrogen-bond acceptors (Lipinski definition) is 0. The maximum absolute atomic E-state index is 2.20. The van der Waals surface area contributed by atoms with E-state index in [-0.39, 0.29) is 52.8 Å². The summed E-state index contributed by atoms with van der Waals surface area (Å²) in [5.41, 5.74) is 1.41. The predicted molar refractivity (Wildman–Crippen MR) is 41.6 cm³/mol. The molecule has 0 N–H and O–H groups in total. The first-order chi connectivity index (χ1) is 4.30. The molecule has 0 fully saturated rings. The first-order valence-electron chi connectivity index (χ1n) is 3.35. The maximum Gasteiger partial charge on any atom is 1.00 e. The van der Waals surface area contributed by atoms with Crippen LogP contribution in [0.25, 0.3) is 0 Å². The Morgan fingerprint density at radius 2 is 1.60 bits per heavy atom. The summed E-state index contributed by atoms with van der Waals surface area (Å²) in [6, 6.07) is 10.5. The van der Waals surface area contributed by atoms with Crippen molar-refractivity contribution in [3.63, 3.8) is 0 Å². The molecule has 0 heterocycles. The van der Waals surface area contributed by atoms with Gasteiger partial charge in [-0.2, -0.15) is 0 Å². The van der Waals surface area contributed by atoms with Gasteiger partial charge in [0.25, 0.3) is 0 Å². The Balaban J connectivity index is 0. The average Bonchev–Trinajstić information content (AvgIpc) is 1.90. The van der Waals surface area contributed by atoms with Crippen molar-refractivity contribution in [3.8, 4) is 0 Å². The van der Waals surface area contributed by atoms with E-state index in [1.807, 2.05) is 6.07 Å². The average molecular weight is 160 g/mol. The molecule has 0 saturated heterocycles. The third-order valence-electron chi connectivity index (χ3n) is 1.47. The van der Waals surface area contributed by atoms with Gasteiger partial charge in [-0.3, -0.25) is 0 Å². The van der Waals surface area contributed by atoms with Crippen LogP contribution in [0, 0.1) is 0 Å². The molecule has 0 aliphatic heterocycles. The van der Waals surface area contributed by atoms with Crippen LogP contribution in [0.3, 0.4) is 0 Å². The Morgan fingerprint density at radius 1 is 1.10 bits per heavy atom. The van der Waals surface area contributed by atoms with E-state index >= 15 is 0 Å². The molecule has 0 spiro atoms. The molecule has 0 aliphatic rings. The van der Waals surface area contributed by atoms with E-state index in [4.69, 9.17) is 0 Å². The van der Waals surface area contributed by atoms with E-state index in [9.17, 15) is 0 Å². The van der Waals surface area contributed by atoms with Crippen LogP contribution in [0.4, 0.5) is 0 Å². The molecule has 1 heteroatoms. The fourth-order valence-corrected chi connectivity index (χ4v) is 0.838. The monoisotopic (exact) mass is 160 g/mol. The quantitative estimate of drug-likeness (QED) is 0.504. The third kappa shape index (κ3) is 3.31. The minimum Gasteiger partial charge on any atom is -1.00 e. The molecule has 0 atom stereocenters. The van der Waals surface area contributed by atoms with Gasteiger partial charge in [-0.15, -0.1) is 0 Å².